The fraction of sp³-hybridized carbons (Fsp3) is 0.357. The molecule has 104 valence electrons. The molecule has 0 aromatic heterocycles. The number of nitrogens with zero attached hydrogens (tertiary/aromatic N) is 1. The second-order valence-corrected chi connectivity index (χ2v) is 5.10. The minimum absolute atomic E-state index is 0.162. The summed E-state index contributed by atoms with van der Waals surface area (Å²) in [6.07, 6.45) is 0.652. The van der Waals surface area contributed by atoms with Crippen molar-refractivity contribution in [2.75, 3.05) is 0 Å². The molecule has 3 amide bonds. The van der Waals surface area contributed by atoms with Gasteiger partial charge in [-0.1, -0.05) is 12.1 Å². The molecule has 3 rings (SSSR count). The summed E-state index contributed by atoms with van der Waals surface area (Å²) in [4.78, 5) is 37.0. The van der Waals surface area contributed by atoms with Crippen LogP contribution in [0, 0.1) is 0 Å². The molecule has 1 aromatic rings. The highest BCUT2D eigenvalue weighted by atomic mass is 16.2. The van der Waals surface area contributed by atoms with Gasteiger partial charge in [0.1, 0.15) is 6.04 Å². The van der Waals surface area contributed by atoms with Crippen LogP contribution >= 0.6 is 0 Å². The minimum Gasteiger partial charge on any atom is -0.326 e. The lowest BCUT2D eigenvalue weighted by Gasteiger charge is -2.29. The van der Waals surface area contributed by atoms with Gasteiger partial charge in [0.15, 0.2) is 0 Å². The van der Waals surface area contributed by atoms with Crippen molar-refractivity contribution in [3.63, 3.8) is 0 Å². The van der Waals surface area contributed by atoms with E-state index in [9.17, 15) is 14.4 Å². The number of benzene rings is 1. The molecule has 2 aliphatic rings. The van der Waals surface area contributed by atoms with Gasteiger partial charge in [0.05, 0.1) is 0 Å². The fourth-order valence-electron chi connectivity index (χ4n) is 2.73. The number of imide groups is 1. The third kappa shape index (κ3) is 1.98. The topological polar surface area (TPSA) is 92.5 Å². The summed E-state index contributed by atoms with van der Waals surface area (Å²) < 4.78 is 0. The fourth-order valence-corrected chi connectivity index (χ4v) is 2.73. The molecule has 0 bridgehead atoms. The van der Waals surface area contributed by atoms with E-state index < -0.39 is 6.04 Å². The van der Waals surface area contributed by atoms with Crippen LogP contribution in [-0.4, -0.2) is 28.7 Å². The maximum atomic E-state index is 12.4. The van der Waals surface area contributed by atoms with Crippen LogP contribution in [0.1, 0.15) is 34.3 Å². The zero-order valence-electron chi connectivity index (χ0n) is 10.9. The predicted octanol–water partition coefficient (Wildman–Crippen LogP) is -0.0937. The standard InChI is InChI=1S/C14H15N3O3/c15-6-8-1-2-9-7-17(14(20)10(9)5-8)11-3-4-12(18)16-13(11)19/h1-2,5,11H,3-4,6-7,15H2,(H,16,18,19)/t11-/m0/s1. The highest BCUT2D eigenvalue weighted by Crippen LogP contribution is 2.28. The Labute approximate surface area is 115 Å². The van der Waals surface area contributed by atoms with Crippen LogP contribution in [-0.2, 0) is 22.7 Å². The summed E-state index contributed by atoms with van der Waals surface area (Å²) in [7, 11) is 0. The van der Waals surface area contributed by atoms with Gasteiger partial charge < -0.3 is 10.6 Å². The van der Waals surface area contributed by atoms with E-state index >= 15 is 0 Å². The minimum atomic E-state index is -0.561. The largest absolute Gasteiger partial charge is 0.326 e. The smallest absolute Gasteiger partial charge is 0.255 e. The second kappa shape index (κ2) is 4.72. The Morgan fingerprint density at radius 3 is 2.80 bits per heavy atom. The summed E-state index contributed by atoms with van der Waals surface area (Å²) in [6.45, 7) is 0.782. The third-order valence-electron chi connectivity index (χ3n) is 3.83. The highest BCUT2D eigenvalue weighted by molar-refractivity contribution is 6.05. The van der Waals surface area contributed by atoms with Gasteiger partial charge in [-0.25, -0.2) is 0 Å². The monoisotopic (exact) mass is 273 g/mol. The van der Waals surface area contributed by atoms with Crippen LogP contribution in [0.2, 0.25) is 0 Å². The van der Waals surface area contributed by atoms with Gasteiger partial charge in [-0.3, -0.25) is 19.7 Å². The van der Waals surface area contributed by atoms with Crippen molar-refractivity contribution >= 4 is 17.7 Å². The summed E-state index contributed by atoms with van der Waals surface area (Å²) in [6, 6.07) is 4.99. The molecule has 20 heavy (non-hydrogen) atoms. The average Bonchev–Trinajstić information content (AvgIpc) is 2.76. The third-order valence-corrected chi connectivity index (χ3v) is 3.83. The number of rotatable bonds is 2. The second-order valence-electron chi connectivity index (χ2n) is 5.10. The molecule has 6 heteroatoms. The number of amides is 3. The Hall–Kier alpha value is -2.21. The zero-order chi connectivity index (χ0) is 14.3. The molecule has 2 aliphatic heterocycles. The number of nitrogens with one attached hydrogen (secondary N) is 1. The van der Waals surface area contributed by atoms with E-state index in [0.29, 0.717) is 25.1 Å². The predicted molar refractivity (Wildman–Crippen MR) is 70.4 cm³/mol. The van der Waals surface area contributed by atoms with E-state index in [1.165, 1.54) is 4.90 Å². The maximum absolute atomic E-state index is 12.4. The van der Waals surface area contributed by atoms with E-state index in [4.69, 9.17) is 5.73 Å². The first-order chi connectivity index (χ1) is 9.60. The lowest BCUT2D eigenvalue weighted by Crippen LogP contribution is -2.52. The first-order valence-corrected chi connectivity index (χ1v) is 6.56. The van der Waals surface area contributed by atoms with Gasteiger partial charge >= 0.3 is 0 Å². The van der Waals surface area contributed by atoms with E-state index in [0.717, 1.165) is 11.1 Å². The van der Waals surface area contributed by atoms with Gasteiger partial charge in [0.2, 0.25) is 11.8 Å². The van der Waals surface area contributed by atoms with Crippen LogP contribution in [0.5, 0.6) is 0 Å². The van der Waals surface area contributed by atoms with Crippen molar-refractivity contribution < 1.29 is 14.4 Å². The van der Waals surface area contributed by atoms with Gasteiger partial charge in [-0.2, -0.15) is 0 Å². The molecule has 0 radical (unpaired) electrons. The molecule has 0 aliphatic carbocycles. The van der Waals surface area contributed by atoms with E-state index in [1.807, 2.05) is 12.1 Å². The summed E-state index contributed by atoms with van der Waals surface area (Å²) in [5.74, 6) is -0.827. The van der Waals surface area contributed by atoms with Gasteiger partial charge in [-0.05, 0) is 23.6 Å². The highest BCUT2D eigenvalue weighted by Gasteiger charge is 2.38. The Balaban J connectivity index is 1.86. The Kier molecular flexibility index (Phi) is 3.02. The molecule has 2 heterocycles. The summed E-state index contributed by atoms with van der Waals surface area (Å²) >= 11 is 0. The van der Waals surface area contributed by atoms with Crippen molar-refractivity contribution in [1.29, 1.82) is 0 Å². The number of piperidine rings is 1. The van der Waals surface area contributed by atoms with Gasteiger partial charge in [-0.15, -0.1) is 0 Å². The normalized spacial score (nSPS) is 21.9. The first kappa shape index (κ1) is 12.8. The Bertz CT molecular complexity index is 612. The summed E-state index contributed by atoms with van der Waals surface area (Å²) in [5.41, 5.74) is 7.98. The van der Waals surface area contributed by atoms with Crippen LogP contribution in [0.15, 0.2) is 18.2 Å². The average molecular weight is 273 g/mol. The SMILES string of the molecule is NCc1ccc2c(c1)C(=O)N([C@H]1CCC(=O)NC1=O)C2. The molecule has 3 N–H and O–H groups in total. The molecular formula is C14H15N3O3. The number of nitrogens with two attached hydrogens (primary N) is 1. The van der Waals surface area contributed by atoms with Crippen molar-refractivity contribution in [2.24, 2.45) is 5.73 Å². The molecule has 0 unspecified atom stereocenters. The van der Waals surface area contributed by atoms with Crippen molar-refractivity contribution in [3.05, 3.63) is 34.9 Å². The molecule has 1 atom stereocenters. The van der Waals surface area contributed by atoms with E-state index in [-0.39, 0.29) is 24.1 Å². The number of carbonyl (C=O) groups excluding carboxylic acids is 3. The first-order valence-electron chi connectivity index (χ1n) is 6.56. The van der Waals surface area contributed by atoms with E-state index in [2.05, 4.69) is 5.32 Å². The lowest BCUT2D eigenvalue weighted by molar-refractivity contribution is -0.136. The van der Waals surface area contributed by atoms with Crippen molar-refractivity contribution in [3.8, 4) is 0 Å². The van der Waals surface area contributed by atoms with Crippen LogP contribution < -0.4 is 11.1 Å². The number of carbonyl (C=O) groups is 3. The molecule has 1 saturated heterocycles. The van der Waals surface area contributed by atoms with Crippen molar-refractivity contribution in [1.82, 2.24) is 10.2 Å². The number of fused-ring (bicyclic) bond motifs is 1. The van der Waals surface area contributed by atoms with Crippen LogP contribution in [0.3, 0.4) is 0 Å². The molecule has 0 saturated carbocycles. The zero-order valence-corrected chi connectivity index (χ0v) is 10.9. The molecule has 0 spiro atoms. The number of hydrogen-bond acceptors (Lipinski definition) is 4. The molecule has 6 nitrogen and oxygen atoms in total. The Morgan fingerprint density at radius 1 is 1.30 bits per heavy atom. The van der Waals surface area contributed by atoms with Gasteiger partial charge in [0.25, 0.3) is 5.91 Å². The van der Waals surface area contributed by atoms with Crippen LogP contribution in [0.4, 0.5) is 0 Å². The van der Waals surface area contributed by atoms with Crippen LogP contribution in [0.25, 0.3) is 0 Å². The maximum Gasteiger partial charge on any atom is 0.255 e. The number of hydrogen-bond donors (Lipinski definition) is 2. The van der Waals surface area contributed by atoms with Crippen molar-refractivity contribution in [2.45, 2.75) is 32.0 Å². The van der Waals surface area contributed by atoms with Gasteiger partial charge in [0, 0.05) is 25.1 Å². The quantitative estimate of drug-likeness (QED) is 0.736. The molecule has 1 fully saturated rings. The lowest BCUT2D eigenvalue weighted by atomic mass is 10.0. The molecule has 1 aromatic carbocycles. The molecular weight excluding hydrogens is 258 g/mol. The van der Waals surface area contributed by atoms with E-state index in [1.54, 1.807) is 6.07 Å². The Morgan fingerprint density at radius 2 is 2.10 bits per heavy atom. The summed E-state index contributed by atoms with van der Waals surface area (Å²) in [5, 5.41) is 2.28.